The largest absolute Gasteiger partial charge is 0.393 e. The van der Waals surface area contributed by atoms with Crippen LogP contribution in [0.1, 0.15) is 18.4 Å². The first kappa shape index (κ1) is 17.2. The molecule has 0 amide bonds. The molecule has 0 aromatic carbocycles. The highest BCUT2D eigenvalue weighted by Crippen LogP contribution is 2.24. The summed E-state index contributed by atoms with van der Waals surface area (Å²) in [5.74, 6) is 2.15. The fraction of sp³-hybridized carbons (Fsp3) is 0.526. The number of nitrogens with one attached hydrogen (secondary N) is 1. The standard InChI is InChI=1S/C19H25N5O2/c25-16-3-7-24(8-4-16)19-10-18(21-13-22-19)23-17-12-26-11-15(17)9-14-1-5-20-6-2-14/h1-2,5-6,10,13,15-17,25H,3-4,7-9,11-12H2,(H,21,22,23)/t15-,17-/m1/s1. The summed E-state index contributed by atoms with van der Waals surface area (Å²) >= 11 is 0. The number of hydrogen-bond donors (Lipinski definition) is 2. The predicted molar refractivity (Wildman–Crippen MR) is 99.1 cm³/mol. The molecule has 138 valence electrons. The van der Waals surface area contributed by atoms with E-state index in [1.807, 2.05) is 18.5 Å². The molecule has 0 radical (unpaired) electrons. The summed E-state index contributed by atoms with van der Waals surface area (Å²) in [6.07, 6.45) is 7.63. The zero-order chi connectivity index (χ0) is 17.8. The Morgan fingerprint density at radius 1 is 1.15 bits per heavy atom. The van der Waals surface area contributed by atoms with Crippen LogP contribution in [0.5, 0.6) is 0 Å². The van der Waals surface area contributed by atoms with Crippen molar-refractivity contribution in [3.8, 4) is 0 Å². The monoisotopic (exact) mass is 355 g/mol. The molecular formula is C19H25N5O2. The molecule has 2 aliphatic rings. The number of nitrogens with zero attached hydrogens (tertiary/aromatic N) is 4. The van der Waals surface area contributed by atoms with Crippen LogP contribution < -0.4 is 10.2 Å². The Labute approximate surface area is 153 Å². The minimum Gasteiger partial charge on any atom is -0.393 e. The van der Waals surface area contributed by atoms with Gasteiger partial charge in [-0.1, -0.05) is 0 Å². The fourth-order valence-corrected chi connectivity index (χ4v) is 3.66. The second kappa shape index (κ2) is 7.97. The van der Waals surface area contributed by atoms with Crippen LogP contribution in [-0.4, -0.2) is 58.5 Å². The highest BCUT2D eigenvalue weighted by atomic mass is 16.5. The van der Waals surface area contributed by atoms with Gasteiger partial charge in [-0.05, 0) is 37.0 Å². The van der Waals surface area contributed by atoms with E-state index in [9.17, 15) is 5.11 Å². The third-order valence-electron chi connectivity index (χ3n) is 5.22. The molecule has 2 aromatic heterocycles. The van der Waals surface area contributed by atoms with Crippen LogP contribution >= 0.6 is 0 Å². The second-order valence-electron chi connectivity index (χ2n) is 7.09. The highest BCUT2D eigenvalue weighted by molar-refractivity contribution is 5.49. The second-order valence-corrected chi connectivity index (χ2v) is 7.09. The average molecular weight is 355 g/mol. The molecule has 7 heteroatoms. The van der Waals surface area contributed by atoms with Crippen LogP contribution in [0.2, 0.25) is 0 Å². The van der Waals surface area contributed by atoms with Crippen molar-refractivity contribution in [2.24, 2.45) is 5.92 Å². The maximum absolute atomic E-state index is 9.68. The van der Waals surface area contributed by atoms with Gasteiger partial charge in [-0.2, -0.15) is 0 Å². The van der Waals surface area contributed by atoms with E-state index in [0.29, 0.717) is 12.5 Å². The quantitative estimate of drug-likeness (QED) is 0.841. The normalized spacial score (nSPS) is 24.0. The molecule has 4 rings (SSSR count). The molecule has 4 heterocycles. The molecular weight excluding hydrogens is 330 g/mol. The molecule has 7 nitrogen and oxygen atoms in total. The molecule has 2 saturated heterocycles. The lowest BCUT2D eigenvalue weighted by atomic mass is 9.95. The van der Waals surface area contributed by atoms with Crippen molar-refractivity contribution in [3.05, 3.63) is 42.5 Å². The Balaban J connectivity index is 1.41. The summed E-state index contributed by atoms with van der Waals surface area (Å²) < 4.78 is 5.71. The van der Waals surface area contributed by atoms with E-state index in [0.717, 1.165) is 50.6 Å². The van der Waals surface area contributed by atoms with E-state index < -0.39 is 0 Å². The van der Waals surface area contributed by atoms with E-state index in [-0.39, 0.29) is 12.1 Å². The number of piperidine rings is 1. The number of aromatic nitrogens is 3. The molecule has 0 aliphatic carbocycles. The van der Waals surface area contributed by atoms with Crippen molar-refractivity contribution in [2.45, 2.75) is 31.4 Å². The van der Waals surface area contributed by atoms with E-state index in [4.69, 9.17) is 4.74 Å². The van der Waals surface area contributed by atoms with Crippen LogP contribution in [0.3, 0.4) is 0 Å². The van der Waals surface area contributed by atoms with Gasteiger partial charge >= 0.3 is 0 Å². The molecule has 2 fully saturated rings. The van der Waals surface area contributed by atoms with E-state index >= 15 is 0 Å². The number of hydrogen-bond acceptors (Lipinski definition) is 7. The third kappa shape index (κ3) is 4.11. The zero-order valence-corrected chi connectivity index (χ0v) is 14.8. The van der Waals surface area contributed by atoms with Gasteiger partial charge in [0.2, 0.25) is 0 Å². The maximum atomic E-state index is 9.68. The molecule has 2 atom stereocenters. The van der Waals surface area contributed by atoms with Crippen LogP contribution in [0.4, 0.5) is 11.6 Å². The summed E-state index contributed by atoms with van der Waals surface area (Å²) in [7, 11) is 0. The first-order valence-corrected chi connectivity index (χ1v) is 9.26. The molecule has 2 aliphatic heterocycles. The predicted octanol–water partition coefficient (Wildman–Crippen LogP) is 1.50. The Morgan fingerprint density at radius 2 is 1.96 bits per heavy atom. The topological polar surface area (TPSA) is 83.4 Å². The SMILES string of the molecule is OC1CCN(c2cc(N[C@@H]3COC[C@H]3Cc3ccncc3)ncn2)CC1. The summed E-state index contributed by atoms with van der Waals surface area (Å²) in [5, 5.41) is 13.2. The maximum Gasteiger partial charge on any atom is 0.134 e. The van der Waals surface area contributed by atoms with Gasteiger partial charge in [-0.15, -0.1) is 0 Å². The van der Waals surface area contributed by atoms with Crippen molar-refractivity contribution in [3.63, 3.8) is 0 Å². The van der Waals surface area contributed by atoms with Crippen LogP contribution in [-0.2, 0) is 11.2 Å². The van der Waals surface area contributed by atoms with Gasteiger partial charge in [0.05, 0.1) is 25.4 Å². The lowest BCUT2D eigenvalue weighted by Crippen LogP contribution is -2.36. The highest BCUT2D eigenvalue weighted by Gasteiger charge is 2.29. The van der Waals surface area contributed by atoms with Gasteiger partial charge in [0.15, 0.2) is 0 Å². The Bertz CT molecular complexity index is 706. The number of ether oxygens (including phenoxy) is 1. The number of rotatable bonds is 5. The number of anilines is 2. The van der Waals surface area contributed by atoms with Crippen LogP contribution in [0.25, 0.3) is 0 Å². The molecule has 0 bridgehead atoms. The van der Waals surface area contributed by atoms with Gasteiger partial charge in [-0.3, -0.25) is 4.98 Å². The van der Waals surface area contributed by atoms with E-state index in [2.05, 4.69) is 37.3 Å². The van der Waals surface area contributed by atoms with Crippen LogP contribution in [0, 0.1) is 5.92 Å². The van der Waals surface area contributed by atoms with E-state index in [1.54, 1.807) is 6.33 Å². The summed E-state index contributed by atoms with van der Waals surface area (Å²) in [6, 6.07) is 6.35. The zero-order valence-electron chi connectivity index (χ0n) is 14.8. The van der Waals surface area contributed by atoms with Gasteiger partial charge in [0.25, 0.3) is 0 Å². The minimum absolute atomic E-state index is 0.185. The fourth-order valence-electron chi connectivity index (χ4n) is 3.66. The van der Waals surface area contributed by atoms with Crippen LogP contribution in [0.15, 0.2) is 36.9 Å². The summed E-state index contributed by atoms with van der Waals surface area (Å²) in [5.41, 5.74) is 1.28. The van der Waals surface area contributed by atoms with Crippen molar-refractivity contribution in [1.29, 1.82) is 0 Å². The van der Waals surface area contributed by atoms with Crippen molar-refractivity contribution < 1.29 is 9.84 Å². The molecule has 0 unspecified atom stereocenters. The van der Waals surface area contributed by atoms with Gasteiger partial charge < -0.3 is 20.1 Å². The lowest BCUT2D eigenvalue weighted by Gasteiger charge is -2.30. The van der Waals surface area contributed by atoms with Gasteiger partial charge in [0, 0.05) is 37.5 Å². The molecule has 26 heavy (non-hydrogen) atoms. The summed E-state index contributed by atoms with van der Waals surface area (Å²) in [6.45, 7) is 3.09. The third-order valence-corrected chi connectivity index (χ3v) is 5.22. The Kier molecular flexibility index (Phi) is 5.26. The Morgan fingerprint density at radius 3 is 2.77 bits per heavy atom. The number of aliphatic hydroxyl groups is 1. The number of pyridine rings is 1. The van der Waals surface area contributed by atoms with Crippen molar-refractivity contribution in [1.82, 2.24) is 15.0 Å². The smallest absolute Gasteiger partial charge is 0.134 e. The summed E-state index contributed by atoms with van der Waals surface area (Å²) in [4.78, 5) is 15.1. The molecule has 2 aromatic rings. The number of aliphatic hydroxyl groups excluding tert-OH is 1. The first-order chi connectivity index (χ1) is 12.8. The molecule has 0 saturated carbocycles. The minimum atomic E-state index is -0.185. The van der Waals surface area contributed by atoms with E-state index in [1.165, 1.54) is 5.56 Å². The van der Waals surface area contributed by atoms with Crippen molar-refractivity contribution >= 4 is 11.6 Å². The lowest BCUT2D eigenvalue weighted by molar-refractivity contribution is 0.145. The Hall–Kier alpha value is -2.25. The average Bonchev–Trinajstić information content (AvgIpc) is 3.10. The van der Waals surface area contributed by atoms with Gasteiger partial charge in [-0.25, -0.2) is 9.97 Å². The van der Waals surface area contributed by atoms with Crippen molar-refractivity contribution in [2.75, 3.05) is 36.5 Å². The van der Waals surface area contributed by atoms with Gasteiger partial charge in [0.1, 0.15) is 18.0 Å². The molecule has 0 spiro atoms. The first-order valence-electron chi connectivity index (χ1n) is 9.26. The molecule has 2 N–H and O–H groups in total.